The summed E-state index contributed by atoms with van der Waals surface area (Å²) in [5.41, 5.74) is 33.5. The van der Waals surface area contributed by atoms with Crippen LogP contribution in [0.2, 0.25) is 0 Å². The predicted molar refractivity (Wildman–Crippen MR) is 544 cm³/mol. The van der Waals surface area contributed by atoms with E-state index in [9.17, 15) is 0 Å². The number of imidazole rings is 4. The predicted octanol–water partition coefficient (Wildman–Crippen LogP) is 31.3. The highest BCUT2D eigenvalue weighted by Crippen LogP contribution is 2.51. The van der Waals surface area contributed by atoms with Crippen molar-refractivity contribution >= 4 is 180 Å². The Bertz CT molecular complexity index is 9610. The Labute approximate surface area is 745 Å². The normalized spacial score (nSPS) is 12.6. The summed E-state index contributed by atoms with van der Waals surface area (Å²) < 4.78 is 11.6. The van der Waals surface area contributed by atoms with Crippen molar-refractivity contribution in [2.24, 2.45) is 0 Å². The van der Waals surface area contributed by atoms with Gasteiger partial charge in [0.25, 0.3) is 0 Å². The van der Waals surface area contributed by atoms with E-state index in [1.54, 1.807) is 0 Å². The van der Waals surface area contributed by atoms with Crippen LogP contribution in [-0.2, 0) is 5.41 Å². The van der Waals surface area contributed by atoms with Crippen LogP contribution in [0.15, 0.2) is 431 Å². The summed E-state index contributed by atoms with van der Waals surface area (Å²) in [4.78, 5) is 20.4. The van der Waals surface area contributed by atoms with Crippen molar-refractivity contribution < 1.29 is 0 Å². The molecule has 20 aromatic carbocycles. The molecule has 0 amide bonds. The summed E-state index contributed by atoms with van der Waals surface area (Å²) in [5, 5.41) is 21.0. The Kier molecular flexibility index (Phi) is 16.0. The molecular formula is C121H77N9. The first-order chi connectivity index (χ1) is 64.2. The first-order valence-corrected chi connectivity index (χ1v) is 44.7. The van der Waals surface area contributed by atoms with Gasteiger partial charge in [0.1, 0.15) is 22.8 Å². The van der Waals surface area contributed by atoms with Gasteiger partial charge in [-0.25, -0.2) is 19.9 Å². The number of nitrogens with zero attached hydrogens (tertiary/aromatic N) is 9. The van der Waals surface area contributed by atoms with Crippen LogP contribution < -0.4 is 0 Å². The van der Waals surface area contributed by atoms with E-state index in [0.29, 0.717) is 0 Å². The van der Waals surface area contributed by atoms with Gasteiger partial charge in [0.05, 0.1) is 71.7 Å². The number of hydrogen-bond acceptors (Lipinski definition) is 4. The summed E-state index contributed by atoms with van der Waals surface area (Å²) in [6, 6.07) is 155. The summed E-state index contributed by atoms with van der Waals surface area (Å²) >= 11 is 0. The number of aromatic nitrogens is 9. The van der Waals surface area contributed by atoms with Crippen LogP contribution in [0.3, 0.4) is 0 Å². The van der Waals surface area contributed by atoms with Crippen molar-refractivity contribution in [3.63, 3.8) is 0 Å². The van der Waals surface area contributed by atoms with E-state index in [1.807, 2.05) is 12.1 Å². The van der Waals surface area contributed by atoms with Crippen molar-refractivity contribution in [1.82, 2.24) is 42.3 Å². The molecule has 0 fully saturated rings. The first-order valence-electron chi connectivity index (χ1n) is 44.7. The lowest BCUT2D eigenvalue weighted by Gasteiger charge is -2.22. The molecule has 0 saturated heterocycles. The first kappa shape index (κ1) is 73.2. The zero-order valence-corrected chi connectivity index (χ0v) is 71.0. The van der Waals surface area contributed by atoms with Crippen molar-refractivity contribution in [2.45, 2.75) is 19.3 Å². The number of fused-ring (bicyclic) bond motifs is 37. The summed E-state index contributed by atoms with van der Waals surface area (Å²) in [6.45, 7) is 4.70. The maximum absolute atomic E-state index is 5.12. The molecule has 0 spiro atoms. The lowest BCUT2D eigenvalue weighted by Crippen LogP contribution is -2.14. The van der Waals surface area contributed by atoms with Crippen molar-refractivity contribution in [3.05, 3.63) is 442 Å². The Morgan fingerprint density at radius 3 is 0.992 bits per heavy atom. The molecule has 29 rings (SSSR count). The topological polar surface area (TPSA) is 74.7 Å². The lowest BCUT2D eigenvalue weighted by molar-refractivity contribution is 0.660. The Morgan fingerprint density at radius 1 is 0.192 bits per heavy atom. The van der Waals surface area contributed by atoms with E-state index in [1.165, 1.54) is 158 Å². The van der Waals surface area contributed by atoms with Crippen LogP contribution in [0.5, 0.6) is 0 Å². The second-order valence-electron chi connectivity index (χ2n) is 35.1. The average molecular weight is 1660 g/mol. The van der Waals surface area contributed by atoms with E-state index in [2.05, 4.69) is 455 Å². The number of rotatable bonds is 6. The highest BCUT2D eigenvalue weighted by molar-refractivity contribution is 6.28. The largest absolute Gasteiger partial charge is 0.309 e. The van der Waals surface area contributed by atoms with Crippen molar-refractivity contribution in [1.29, 1.82) is 0 Å². The van der Waals surface area contributed by atoms with Gasteiger partial charge < -0.3 is 4.57 Å². The van der Waals surface area contributed by atoms with Gasteiger partial charge in [-0.15, -0.1) is 0 Å². The van der Waals surface area contributed by atoms with Crippen LogP contribution in [0.25, 0.3) is 247 Å². The molecule has 28 aromatic rings. The van der Waals surface area contributed by atoms with Gasteiger partial charge in [-0.1, -0.05) is 299 Å². The average Bonchev–Trinajstić information content (AvgIpc) is 1.14. The van der Waals surface area contributed by atoms with Crippen molar-refractivity contribution in [2.75, 3.05) is 0 Å². The van der Waals surface area contributed by atoms with Crippen LogP contribution in [0, 0.1) is 0 Å². The molecule has 1 aliphatic carbocycles. The molecule has 9 nitrogen and oxygen atoms in total. The minimum atomic E-state index is -0.0242. The molecule has 9 heteroatoms. The maximum Gasteiger partial charge on any atom is 0.146 e. The van der Waals surface area contributed by atoms with Gasteiger partial charge in [0.2, 0.25) is 0 Å². The van der Waals surface area contributed by atoms with Crippen LogP contribution in [-0.4, -0.2) is 42.3 Å². The minimum absolute atomic E-state index is 0.0242. The van der Waals surface area contributed by atoms with Gasteiger partial charge in [0.15, 0.2) is 0 Å². The van der Waals surface area contributed by atoms with Crippen LogP contribution in [0.4, 0.5) is 0 Å². The molecule has 8 heterocycles. The van der Waals surface area contributed by atoms with Gasteiger partial charge in [-0.3, -0.25) is 17.8 Å². The van der Waals surface area contributed by atoms with Crippen LogP contribution in [0.1, 0.15) is 25.0 Å². The number of benzene rings is 20. The third-order valence-corrected chi connectivity index (χ3v) is 27.7. The number of para-hydroxylation sites is 11. The Hall–Kier alpha value is -17.1. The minimum Gasteiger partial charge on any atom is -0.309 e. The molecule has 606 valence electrons. The second-order valence-corrected chi connectivity index (χ2v) is 35.1. The summed E-state index contributed by atoms with van der Waals surface area (Å²) in [6.07, 6.45) is 0. The van der Waals surface area contributed by atoms with Crippen LogP contribution >= 0.6 is 0 Å². The maximum atomic E-state index is 5.12. The van der Waals surface area contributed by atoms with Gasteiger partial charge in [-0.2, -0.15) is 0 Å². The van der Waals surface area contributed by atoms with E-state index < -0.39 is 0 Å². The fraction of sp³-hybridized carbons (Fsp3) is 0.0248. The SMILES string of the molecule is CC1(C)c2ccccc2-c2ccc(-c3ccc4c(c3)c3c5ccccc5ccc3c3nc5ccccc5n43)cc21.c1ccc(-n2c(-c3ccc(-c4ccc5c(c4)c4c6ccccc6ccc4c4nc6ccccc6n54)cc3)nc3ccccc32)cc1.c1ccc2c(c1)ccc1c2c2cc(-c3ccc(-n4c5ccccc5c5ccccc54)cc3)ccc2n2c3ccccc3nc12. The van der Waals surface area contributed by atoms with Gasteiger partial charge in [0, 0.05) is 81.6 Å². The van der Waals surface area contributed by atoms with E-state index in [-0.39, 0.29) is 5.41 Å². The lowest BCUT2D eigenvalue weighted by atomic mass is 9.81. The quantitative estimate of drug-likeness (QED) is 0.156. The molecule has 0 N–H and O–H groups in total. The summed E-state index contributed by atoms with van der Waals surface area (Å²) in [5.74, 6) is 0.935. The Balaban J connectivity index is 0.000000101. The second kappa shape index (κ2) is 28.4. The molecule has 0 saturated carbocycles. The molecule has 0 atom stereocenters. The number of hydrogen-bond donors (Lipinski definition) is 0. The zero-order chi connectivity index (χ0) is 85.6. The number of pyridine rings is 3. The standard InChI is InChI=1S/C42H26N4.C41H25N3.C38H26N2/c1-2-11-31(12-3-1)45-38-16-8-6-14-35(38)43-41(45)29-20-18-27(19-21-29)30-23-25-37-34(26-30)40-32-13-5-4-10-28(32)22-24-33(40)42-44-36-15-7-9-17-39(36)46(37)42;1-2-10-30-27(9-1)19-23-33-40(30)34-25-28(20-24-38(34)44-39-16-8-5-13-35(39)42-41(33)44)26-17-21-29(22-18-26)43-36-14-6-3-11-31(36)32-12-4-7-15-37(32)43;1-38(2)31-12-6-5-11-27(31)28-18-16-25(22-32(28)38)24-17-20-34-30(21-24)36-26-10-4-3-9-23(26)15-19-29(36)37-39-33-13-7-8-14-35(33)40(34)37/h1-26H;1-25H;3-22H,1-2H3. The molecule has 0 unspecified atom stereocenters. The van der Waals surface area contributed by atoms with E-state index in [0.717, 1.165) is 100 Å². The van der Waals surface area contributed by atoms with Crippen molar-refractivity contribution in [3.8, 4) is 67.3 Å². The molecule has 8 aromatic heterocycles. The van der Waals surface area contributed by atoms with E-state index in [4.69, 9.17) is 19.9 Å². The van der Waals surface area contributed by atoms with Gasteiger partial charge in [-0.05, 0) is 234 Å². The fourth-order valence-electron chi connectivity index (χ4n) is 21.7. The molecular weight excluding hydrogens is 1580 g/mol. The third kappa shape index (κ3) is 11.1. The van der Waals surface area contributed by atoms with Gasteiger partial charge >= 0.3 is 0 Å². The summed E-state index contributed by atoms with van der Waals surface area (Å²) in [7, 11) is 0. The monoisotopic (exact) mass is 1660 g/mol. The fourth-order valence-corrected chi connectivity index (χ4v) is 21.7. The zero-order valence-electron chi connectivity index (χ0n) is 71.0. The molecule has 0 radical (unpaired) electrons. The highest BCUT2D eigenvalue weighted by Gasteiger charge is 2.36. The highest BCUT2D eigenvalue weighted by atomic mass is 15.1. The van der Waals surface area contributed by atoms with E-state index >= 15 is 0 Å². The molecule has 0 bridgehead atoms. The molecule has 130 heavy (non-hydrogen) atoms. The molecule has 1 aliphatic rings. The Morgan fingerprint density at radius 2 is 0.523 bits per heavy atom. The third-order valence-electron chi connectivity index (χ3n) is 27.7. The smallest absolute Gasteiger partial charge is 0.146 e. The molecule has 0 aliphatic heterocycles.